The summed E-state index contributed by atoms with van der Waals surface area (Å²) in [4.78, 5) is 30.2. The molecule has 0 radical (unpaired) electrons. The van der Waals surface area contributed by atoms with Crippen molar-refractivity contribution < 1.29 is 19.4 Å². The van der Waals surface area contributed by atoms with E-state index in [9.17, 15) is 9.59 Å². The molecule has 1 fully saturated rings. The molecule has 0 spiro atoms. The summed E-state index contributed by atoms with van der Waals surface area (Å²) in [5.41, 5.74) is 0.982. The van der Waals surface area contributed by atoms with Gasteiger partial charge in [-0.1, -0.05) is 0 Å². The van der Waals surface area contributed by atoms with Crippen LogP contribution < -0.4 is 9.64 Å². The highest BCUT2D eigenvalue weighted by molar-refractivity contribution is 6.30. The van der Waals surface area contributed by atoms with Crippen LogP contribution in [0.15, 0.2) is 36.0 Å². The van der Waals surface area contributed by atoms with Gasteiger partial charge in [0.15, 0.2) is 0 Å². The molecule has 2 heterocycles. The lowest BCUT2D eigenvalue weighted by Gasteiger charge is -2.35. The fourth-order valence-corrected chi connectivity index (χ4v) is 3.01. The van der Waals surface area contributed by atoms with E-state index in [1.54, 1.807) is 31.4 Å². The summed E-state index contributed by atoms with van der Waals surface area (Å²) in [5, 5.41) is 8.99. The number of carbonyl (C=O) groups is 2. The van der Waals surface area contributed by atoms with Crippen molar-refractivity contribution in [1.82, 2.24) is 9.80 Å². The molecule has 0 saturated carbocycles. The van der Waals surface area contributed by atoms with E-state index in [-0.39, 0.29) is 18.4 Å². The predicted octanol–water partition coefficient (Wildman–Crippen LogP) is 0.0622. The lowest BCUT2D eigenvalue weighted by molar-refractivity contribution is -0.121. The molecule has 2 aliphatic heterocycles. The summed E-state index contributed by atoms with van der Waals surface area (Å²) in [6, 6.07) is 6.85. The van der Waals surface area contributed by atoms with Crippen molar-refractivity contribution in [3.63, 3.8) is 0 Å². The molecule has 0 unspecified atom stereocenters. The van der Waals surface area contributed by atoms with Crippen LogP contribution in [0, 0.1) is 0 Å². The number of hydrogen-bond acceptors (Lipinski definition) is 6. The molecule has 1 aromatic carbocycles. The number of piperazine rings is 1. The Labute approximate surface area is 140 Å². The van der Waals surface area contributed by atoms with Gasteiger partial charge < -0.3 is 14.7 Å². The third-order valence-electron chi connectivity index (χ3n) is 4.36. The van der Waals surface area contributed by atoms with E-state index in [0.29, 0.717) is 36.8 Å². The third-order valence-corrected chi connectivity index (χ3v) is 4.36. The van der Waals surface area contributed by atoms with E-state index in [4.69, 9.17) is 9.84 Å². The first-order chi connectivity index (χ1) is 11.6. The van der Waals surface area contributed by atoms with Gasteiger partial charge in [0, 0.05) is 38.8 Å². The van der Waals surface area contributed by atoms with Gasteiger partial charge in [0.25, 0.3) is 11.8 Å². The fourth-order valence-electron chi connectivity index (χ4n) is 3.01. The monoisotopic (exact) mass is 331 g/mol. The summed E-state index contributed by atoms with van der Waals surface area (Å²) >= 11 is 0. The zero-order valence-corrected chi connectivity index (χ0v) is 13.6. The summed E-state index contributed by atoms with van der Waals surface area (Å²) in [6.07, 6.45) is 1.41. The normalized spacial score (nSPS) is 19.0. The van der Waals surface area contributed by atoms with Crippen LogP contribution in [0.5, 0.6) is 5.75 Å². The van der Waals surface area contributed by atoms with Gasteiger partial charge >= 0.3 is 0 Å². The van der Waals surface area contributed by atoms with Crippen LogP contribution in [0.3, 0.4) is 0 Å². The number of aliphatic hydroxyl groups excluding tert-OH is 1. The maximum atomic E-state index is 12.7. The third kappa shape index (κ3) is 3.13. The number of aliphatic hydroxyl groups is 1. The molecular weight excluding hydrogens is 310 g/mol. The number of amides is 2. The van der Waals surface area contributed by atoms with Crippen LogP contribution in [0.4, 0.5) is 5.69 Å². The minimum atomic E-state index is -0.321. The Balaban J connectivity index is 1.70. The molecule has 0 aromatic heterocycles. The van der Waals surface area contributed by atoms with Gasteiger partial charge in [0.1, 0.15) is 11.4 Å². The second-order valence-electron chi connectivity index (χ2n) is 5.76. The number of β-amino-alcohol motifs (C(OH)–C–C–N with tert-alkyl or cyclic N) is 1. The second-order valence-corrected chi connectivity index (χ2v) is 5.76. The van der Waals surface area contributed by atoms with Gasteiger partial charge in [-0.05, 0) is 24.3 Å². The highest BCUT2D eigenvalue weighted by Crippen LogP contribution is 2.26. The molecular formula is C17H21N3O4. The van der Waals surface area contributed by atoms with Gasteiger partial charge in [-0.15, -0.1) is 0 Å². The average Bonchev–Trinajstić information content (AvgIpc) is 2.90. The van der Waals surface area contributed by atoms with Gasteiger partial charge in [-0.2, -0.15) is 0 Å². The molecule has 1 N–H and O–H groups in total. The number of carbonyl (C=O) groups excluding carboxylic acids is 2. The van der Waals surface area contributed by atoms with E-state index in [0.717, 1.165) is 13.1 Å². The highest BCUT2D eigenvalue weighted by Gasteiger charge is 2.36. The molecule has 0 aliphatic carbocycles. The first-order valence-electron chi connectivity index (χ1n) is 7.96. The van der Waals surface area contributed by atoms with E-state index in [2.05, 4.69) is 4.90 Å². The van der Waals surface area contributed by atoms with Crippen LogP contribution in [-0.2, 0) is 9.59 Å². The van der Waals surface area contributed by atoms with E-state index in [1.807, 2.05) is 4.90 Å². The standard InChI is InChI=1S/C17H21N3O4/c1-24-14-4-2-13(3-5-14)20-16(22)12-15(17(20)23)19-8-6-18(7-9-19)10-11-21/h2-5,12,21H,6-11H2,1H3. The number of imide groups is 1. The van der Waals surface area contributed by atoms with E-state index in [1.165, 1.54) is 11.0 Å². The van der Waals surface area contributed by atoms with Crippen molar-refractivity contribution in [2.45, 2.75) is 0 Å². The molecule has 1 aromatic rings. The second kappa shape index (κ2) is 7.02. The molecule has 2 amide bonds. The molecule has 1 saturated heterocycles. The molecule has 7 nitrogen and oxygen atoms in total. The van der Waals surface area contributed by atoms with Crippen molar-refractivity contribution in [2.24, 2.45) is 0 Å². The van der Waals surface area contributed by atoms with Gasteiger partial charge in [-0.25, -0.2) is 4.90 Å². The van der Waals surface area contributed by atoms with Crippen LogP contribution in [-0.4, -0.2) is 73.2 Å². The lowest BCUT2D eigenvalue weighted by atomic mass is 10.2. The highest BCUT2D eigenvalue weighted by atomic mass is 16.5. The number of rotatable bonds is 5. The maximum Gasteiger partial charge on any atom is 0.281 e. The van der Waals surface area contributed by atoms with Gasteiger partial charge in [0.2, 0.25) is 0 Å². The zero-order valence-electron chi connectivity index (χ0n) is 13.6. The Morgan fingerprint density at radius 3 is 2.33 bits per heavy atom. The fraction of sp³-hybridized carbons (Fsp3) is 0.412. The Morgan fingerprint density at radius 1 is 1.08 bits per heavy atom. The Bertz CT molecular complexity index is 648. The number of hydrogen-bond donors (Lipinski definition) is 1. The van der Waals surface area contributed by atoms with Crippen LogP contribution in [0.2, 0.25) is 0 Å². The minimum Gasteiger partial charge on any atom is -0.497 e. The first-order valence-corrected chi connectivity index (χ1v) is 7.96. The van der Waals surface area contributed by atoms with Gasteiger partial charge in [-0.3, -0.25) is 14.5 Å². The smallest absolute Gasteiger partial charge is 0.281 e. The molecule has 2 aliphatic rings. The number of nitrogens with zero attached hydrogens (tertiary/aromatic N) is 3. The van der Waals surface area contributed by atoms with Crippen molar-refractivity contribution in [2.75, 3.05) is 51.3 Å². The number of ether oxygens (including phenoxy) is 1. The quantitative estimate of drug-likeness (QED) is 0.770. The van der Waals surface area contributed by atoms with Crippen molar-refractivity contribution >= 4 is 17.5 Å². The Hall–Kier alpha value is -2.38. The van der Waals surface area contributed by atoms with Crippen LogP contribution in [0.25, 0.3) is 0 Å². The van der Waals surface area contributed by atoms with E-state index < -0.39 is 0 Å². The van der Waals surface area contributed by atoms with E-state index >= 15 is 0 Å². The molecule has 7 heteroatoms. The zero-order chi connectivity index (χ0) is 17.1. The first kappa shape index (κ1) is 16.5. The Morgan fingerprint density at radius 2 is 1.75 bits per heavy atom. The van der Waals surface area contributed by atoms with Crippen LogP contribution in [0.1, 0.15) is 0 Å². The number of methoxy groups -OCH3 is 1. The summed E-state index contributed by atoms with van der Waals surface area (Å²) in [5.74, 6) is 0.0600. The van der Waals surface area contributed by atoms with Gasteiger partial charge in [0.05, 0.1) is 19.4 Å². The number of anilines is 1. The molecule has 0 bridgehead atoms. The minimum absolute atomic E-state index is 0.130. The SMILES string of the molecule is COc1ccc(N2C(=O)C=C(N3CCN(CCO)CC3)C2=O)cc1. The summed E-state index contributed by atoms with van der Waals surface area (Å²) in [7, 11) is 1.57. The lowest BCUT2D eigenvalue weighted by Crippen LogP contribution is -2.48. The number of benzene rings is 1. The van der Waals surface area contributed by atoms with Crippen molar-refractivity contribution in [3.8, 4) is 5.75 Å². The predicted molar refractivity (Wildman–Crippen MR) is 88.7 cm³/mol. The average molecular weight is 331 g/mol. The summed E-state index contributed by atoms with van der Waals surface area (Å²) in [6.45, 7) is 3.63. The molecule has 128 valence electrons. The maximum absolute atomic E-state index is 12.7. The van der Waals surface area contributed by atoms with Crippen molar-refractivity contribution in [1.29, 1.82) is 0 Å². The molecule has 24 heavy (non-hydrogen) atoms. The topological polar surface area (TPSA) is 73.3 Å². The Kier molecular flexibility index (Phi) is 4.82. The largest absolute Gasteiger partial charge is 0.497 e. The van der Waals surface area contributed by atoms with Crippen LogP contribution >= 0.6 is 0 Å². The summed E-state index contributed by atoms with van der Waals surface area (Å²) < 4.78 is 5.10. The molecule has 0 atom stereocenters. The van der Waals surface area contributed by atoms with Crippen molar-refractivity contribution in [3.05, 3.63) is 36.0 Å². The molecule has 3 rings (SSSR count).